The van der Waals surface area contributed by atoms with Crippen LogP contribution in [0, 0.1) is 17.7 Å². The number of pyridine rings is 1. The molecule has 3 aromatic rings. The molecule has 1 aromatic carbocycles. The molecule has 0 saturated heterocycles. The van der Waals surface area contributed by atoms with Gasteiger partial charge in [-0.25, -0.2) is 18.2 Å². The van der Waals surface area contributed by atoms with Gasteiger partial charge in [0.05, 0.1) is 10.4 Å². The molecule has 3 unspecified atom stereocenters. The van der Waals surface area contributed by atoms with Gasteiger partial charge in [0.25, 0.3) is 0 Å². The fourth-order valence-electron chi connectivity index (χ4n) is 4.29. The molecule has 0 amide bonds. The number of allylic oxidation sites excluding steroid dienone is 5. The number of aromatic nitrogens is 2. The minimum Gasteiger partial charge on any atom is -0.396 e. The second-order valence-corrected chi connectivity index (χ2v) is 11.6. The molecular weight excluding hydrogens is 529 g/mol. The van der Waals surface area contributed by atoms with Gasteiger partial charge in [-0.15, -0.1) is 11.3 Å². The zero-order chi connectivity index (χ0) is 29.2. The Kier molecular flexibility index (Phi) is 11.9. The Morgan fingerprint density at radius 3 is 2.50 bits per heavy atom. The van der Waals surface area contributed by atoms with Crippen molar-refractivity contribution in [2.45, 2.75) is 66.0 Å². The molecule has 2 aromatic heterocycles. The minimum atomic E-state index is -1.61. The number of aliphatic hydroxyl groups excluding tert-OH is 1. The van der Waals surface area contributed by atoms with Crippen molar-refractivity contribution in [1.82, 2.24) is 9.97 Å². The summed E-state index contributed by atoms with van der Waals surface area (Å²) in [6.07, 6.45) is 8.45. The molecule has 214 valence electrons. The summed E-state index contributed by atoms with van der Waals surface area (Å²) in [4.78, 5) is 9.46. The van der Waals surface area contributed by atoms with Crippen LogP contribution in [0.1, 0.15) is 75.9 Å². The average molecular weight is 569 g/mol. The second kappa shape index (κ2) is 15.1. The van der Waals surface area contributed by atoms with E-state index in [1.807, 2.05) is 37.3 Å². The number of rotatable bonds is 9. The first-order valence-corrected chi connectivity index (χ1v) is 14.6. The van der Waals surface area contributed by atoms with Crippen molar-refractivity contribution in [1.29, 1.82) is 0 Å². The maximum atomic E-state index is 15.1. The first kappa shape index (κ1) is 31.5. The SMILES string of the molecule is C/C(=C\C(CO)CC(C)c1ccccn1)c1cccc(F)c1-c1ncc(C2=CCC(F)C(F)=C2)s1.CCC(C)C. The van der Waals surface area contributed by atoms with Gasteiger partial charge in [-0.1, -0.05) is 64.5 Å². The monoisotopic (exact) mass is 568 g/mol. The van der Waals surface area contributed by atoms with E-state index in [1.54, 1.807) is 24.5 Å². The predicted molar refractivity (Wildman–Crippen MR) is 161 cm³/mol. The van der Waals surface area contributed by atoms with E-state index in [9.17, 15) is 13.9 Å². The van der Waals surface area contributed by atoms with Crippen LogP contribution < -0.4 is 0 Å². The Hall–Kier alpha value is -3.03. The number of aliphatic hydroxyl groups is 1. The highest BCUT2D eigenvalue weighted by atomic mass is 32.1. The van der Waals surface area contributed by atoms with Gasteiger partial charge in [0.15, 0.2) is 6.17 Å². The molecule has 0 aliphatic heterocycles. The van der Waals surface area contributed by atoms with Crippen LogP contribution in [0.25, 0.3) is 21.7 Å². The molecule has 0 fully saturated rings. The number of hydrogen-bond donors (Lipinski definition) is 1. The molecule has 0 saturated carbocycles. The third-order valence-corrected chi connectivity index (χ3v) is 8.03. The molecule has 7 heteroatoms. The fraction of sp³-hybridized carbons (Fsp3) is 0.394. The zero-order valence-electron chi connectivity index (χ0n) is 23.9. The van der Waals surface area contributed by atoms with Crippen LogP contribution in [-0.2, 0) is 0 Å². The smallest absolute Gasteiger partial charge is 0.155 e. The number of thiazole rings is 1. The highest BCUT2D eigenvalue weighted by Gasteiger charge is 2.21. The molecule has 4 rings (SSSR count). The maximum Gasteiger partial charge on any atom is 0.155 e. The van der Waals surface area contributed by atoms with Gasteiger partial charge >= 0.3 is 0 Å². The molecule has 2 heterocycles. The zero-order valence-corrected chi connectivity index (χ0v) is 24.7. The molecule has 0 radical (unpaired) electrons. The molecule has 1 aliphatic rings. The summed E-state index contributed by atoms with van der Waals surface area (Å²) in [7, 11) is 0. The fourth-order valence-corrected chi connectivity index (χ4v) is 5.28. The van der Waals surface area contributed by atoms with Crippen molar-refractivity contribution >= 4 is 22.5 Å². The lowest BCUT2D eigenvalue weighted by atomic mass is 9.90. The van der Waals surface area contributed by atoms with E-state index < -0.39 is 17.8 Å². The van der Waals surface area contributed by atoms with E-state index in [0.717, 1.165) is 17.2 Å². The highest BCUT2D eigenvalue weighted by Crippen LogP contribution is 2.38. The molecule has 40 heavy (non-hydrogen) atoms. The first-order chi connectivity index (χ1) is 19.1. The Morgan fingerprint density at radius 1 is 1.12 bits per heavy atom. The van der Waals surface area contributed by atoms with Crippen LogP contribution >= 0.6 is 11.3 Å². The summed E-state index contributed by atoms with van der Waals surface area (Å²) < 4.78 is 42.3. The largest absolute Gasteiger partial charge is 0.396 e. The third-order valence-electron chi connectivity index (χ3n) is 6.97. The van der Waals surface area contributed by atoms with Crippen molar-refractivity contribution in [3.05, 3.63) is 94.8 Å². The lowest BCUT2D eigenvalue weighted by Gasteiger charge is -2.18. The quantitative estimate of drug-likeness (QED) is 0.280. The normalized spacial score (nSPS) is 17.1. The third kappa shape index (κ3) is 8.48. The number of halogens is 3. The first-order valence-electron chi connectivity index (χ1n) is 13.8. The van der Waals surface area contributed by atoms with Gasteiger partial charge in [0, 0.05) is 37.0 Å². The van der Waals surface area contributed by atoms with E-state index in [0.29, 0.717) is 33.0 Å². The average Bonchev–Trinajstić information content (AvgIpc) is 3.44. The van der Waals surface area contributed by atoms with Crippen molar-refractivity contribution in [2.75, 3.05) is 6.61 Å². The van der Waals surface area contributed by atoms with E-state index in [-0.39, 0.29) is 24.9 Å². The van der Waals surface area contributed by atoms with Crippen LogP contribution in [0.5, 0.6) is 0 Å². The van der Waals surface area contributed by atoms with Crippen LogP contribution in [0.15, 0.2) is 72.8 Å². The number of benzene rings is 1. The summed E-state index contributed by atoms with van der Waals surface area (Å²) in [5, 5.41) is 10.5. The van der Waals surface area contributed by atoms with Crippen LogP contribution in [0.3, 0.4) is 0 Å². The molecule has 0 bridgehead atoms. The van der Waals surface area contributed by atoms with Gasteiger partial charge in [-0.3, -0.25) is 4.98 Å². The summed E-state index contributed by atoms with van der Waals surface area (Å²) in [6.45, 7) is 10.6. The summed E-state index contributed by atoms with van der Waals surface area (Å²) >= 11 is 1.24. The molecule has 0 spiro atoms. The molecule has 3 nitrogen and oxygen atoms in total. The Labute approximate surface area is 240 Å². The second-order valence-electron chi connectivity index (χ2n) is 10.6. The van der Waals surface area contributed by atoms with E-state index in [2.05, 4.69) is 37.7 Å². The summed E-state index contributed by atoms with van der Waals surface area (Å²) in [5.74, 6) is -0.328. The number of alkyl halides is 1. The summed E-state index contributed by atoms with van der Waals surface area (Å²) in [6, 6.07) is 10.6. The molecule has 1 N–H and O–H groups in total. The van der Waals surface area contributed by atoms with Crippen LogP contribution in [-0.4, -0.2) is 27.9 Å². The van der Waals surface area contributed by atoms with Crippen molar-refractivity contribution in [2.24, 2.45) is 11.8 Å². The van der Waals surface area contributed by atoms with E-state index in [4.69, 9.17) is 0 Å². The Morgan fingerprint density at radius 2 is 1.88 bits per heavy atom. The Bertz CT molecular complexity index is 1330. The lowest BCUT2D eigenvalue weighted by Crippen LogP contribution is -2.09. The van der Waals surface area contributed by atoms with Gasteiger partial charge in [0.1, 0.15) is 16.7 Å². The topological polar surface area (TPSA) is 46.0 Å². The highest BCUT2D eigenvalue weighted by molar-refractivity contribution is 7.16. The van der Waals surface area contributed by atoms with Crippen LogP contribution in [0.2, 0.25) is 0 Å². The number of hydrogen-bond acceptors (Lipinski definition) is 4. The maximum absolute atomic E-state index is 15.1. The van der Waals surface area contributed by atoms with Crippen LogP contribution in [0.4, 0.5) is 13.2 Å². The van der Waals surface area contributed by atoms with E-state index in [1.165, 1.54) is 29.9 Å². The standard InChI is InChI=1S/C28H27F3N2OS.C5H12/c1-17(12-19(16-34)13-18(2)25-8-3-4-11-32-25)21-6-5-7-23(30)27(21)28-33-15-26(35-28)20-9-10-22(29)24(31)14-20;1-4-5(2)3/h3-9,11-12,14-15,18-19,22,34H,10,13,16H2,1-2H3;5H,4H2,1-3H3/b17-12+;. The molecular formula is C33H39F3N2OS. The number of nitrogens with zero attached hydrogens (tertiary/aromatic N) is 2. The van der Waals surface area contributed by atoms with Crippen molar-refractivity contribution < 1.29 is 18.3 Å². The predicted octanol–water partition coefficient (Wildman–Crippen LogP) is 9.58. The molecule has 3 atom stereocenters. The van der Waals surface area contributed by atoms with Gasteiger partial charge in [0.2, 0.25) is 0 Å². The van der Waals surface area contributed by atoms with Gasteiger partial charge in [-0.05, 0) is 66.2 Å². The van der Waals surface area contributed by atoms with Gasteiger partial charge < -0.3 is 5.11 Å². The minimum absolute atomic E-state index is 0.0306. The Balaban J connectivity index is 0.000000810. The van der Waals surface area contributed by atoms with E-state index >= 15 is 4.39 Å². The summed E-state index contributed by atoms with van der Waals surface area (Å²) in [5.41, 5.74) is 3.37. The molecule has 1 aliphatic carbocycles. The van der Waals surface area contributed by atoms with Gasteiger partial charge in [-0.2, -0.15) is 0 Å². The van der Waals surface area contributed by atoms with Crippen molar-refractivity contribution in [3.63, 3.8) is 0 Å². The van der Waals surface area contributed by atoms with Crippen molar-refractivity contribution in [3.8, 4) is 10.6 Å². The lowest BCUT2D eigenvalue weighted by molar-refractivity contribution is 0.241.